The van der Waals surface area contributed by atoms with Crippen LogP contribution in [-0.4, -0.2) is 48.8 Å². The Balaban J connectivity index is 1.37. The van der Waals surface area contributed by atoms with Crippen molar-refractivity contribution in [3.8, 4) is 0 Å². The smallest absolute Gasteiger partial charge is 0.307 e. The Bertz CT molecular complexity index is 1390. The van der Waals surface area contributed by atoms with Crippen LogP contribution >= 0.6 is 0 Å². The lowest BCUT2D eigenvalue weighted by Gasteiger charge is -2.26. The van der Waals surface area contributed by atoms with E-state index in [9.17, 15) is 18.0 Å². The van der Waals surface area contributed by atoms with Crippen molar-refractivity contribution in [3.05, 3.63) is 81.0 Å². The first kappa shape index (κ1) is 23.0. The summed E-state index contributed by atoms with van der Waals surface area (Å²) in [6.07, 6.45) is 5.90. The van der Waals surface area contributed by atoms with Crippen LogP contribution in [0.3, 0.4) is 0 Å². The number of H-pyrrole nitrogens is 1. The zero-order valence-electron chi connectivity index (χ0n) is 18.6. The monoisotopic (exact) mass is 468 g/mol. The van der Waals surface area contributed by atoms with Gasteiger partial charge < -0.3 is 4.98 Å². The molecule has 1 aromatic heterocycles. The highest BCUT2D eigenvalue weighted by molar-refractivity contribution is 7.92. The molecular formula is C24H28N4O4S. The van der Waals surface area contributed by atoms with Gasteiger partial charge in [0, 0.05) is 25.3 Å². The molecule has 8 nitrogen and oxygen atoms in total. The van der Waals surface area contributed by atoms with Gasteiger partial charge in [0.15, 0.2) is 0 Å². The zero-order valence-corrected chi connectivity index (χ0v) is 19.4. The molecule has 174 valence electrons. The molecule has 1 aliphatic heterocycles. The van der Waals surface area contributed by atoms with Gasteiger partial charge in [-0.25, -0.2) is 13.2 Å². The number of aromatic amines is 1. The van der Waals surface area contributed by atoms with Gasteiger partial charge in [0.1, 0.15) is 0 Å². The number of rotatable bonds is 8. The lowest BCUT2D eigenvalue weighted by Crippen LogP contribution is -2.35. The van der Waals surface area contributed by atoms with Crippen LogP contribution in [0.2, 0.25) is 0 Å². The fourth-order valence-corrected chi connectivity index (χ4v) is 4.72. The molecule has 0 unspecified atom stereocenters. The molecule has 33 heavy (non-hydrogen) atoms. The predicted octanol–water partition coefficient (Wildman–Crippen LogP) is 2.63. The summed E-state index contributed by atoms with van der Waals surface area (Å²) in [5, 5.41) is 0.276. The normalized spacial score (nSPS) is 14.9. The second kappa shape index (κ2) is 9.76. The minimum atomic E-state index is -3.46. The maximum atomic E-state index is 12.9. The van der Waals surface area contributed by atoms with E-state index in [1.54, 1.807) is 0 Å². The molecule has 4 rings (SSSR count). The summed E-state index contributed by atoms with van der Waals surface area (Å²) in [4.78, 5) is 30.4. The molecule has 0 amide bonds. The number of hydrogen-bond donors (Lipinski definition) is 2. The van der Waals surface area contributed by atoms with E-state index in [4.69, 9.17) is 0 Å². The lowest BCUT2D eigenvalue weighted by atomic mass is 9.99. The third-order valence-electron chi connectivity index (χ3n) is 5.83. The van der Waals surface area contributed by atoms with Gasteiger partial charge in [0.05, 0.1) is 17.2 Å². The van der Waals surface area contributed by atoms with Gasteiger partial charge in [-0.05, 0) is 55.1 Å². The van der Waals surface area contributed by atoms with E-state index >= 15 is 0 Å². The topological polar surface area (TPSA) is 104 Å². The number of anilines is 1. The maximum Gasteiger partial charge on any atom is 0.328 e. The molecule has 0 saturated heterocycles. The molecule has 2 aromatic carbocycles. The summed E-state index contributed by atoms with van der Waals surface area (Å²) >= 11 is 0. The molecule has 0 saturated carbocycles. The Kier molecular flexibility index (Phi) is 6.80. The number of unbranched alkanes of at least 4 members (excludes halogenated alkanes) is 1. The fraction of sp³-hybridized carbons (Fsp3) is 0.333. The number of fused-ring (bicyclic) bond motifs is 1. The number of hydrogen-bond acceptors (Lipinski definition) is 5. The van der Waals surface area contributed by atoms with Crippen LogP contribution in [0.5, 0.6) is 0 Å². The Labute approximate surface area is 192 Å². The quantitative estimate of drug-likeness (QED) is 0.495. The molecular weight excluding hydrogens is 440 g/mol. The molecule has 0 fully saturated rings. The highest BCUT2D eigenvalue weighted by Crippen LogP contribution is 2.22. The highest BCUT2D eigenvalue weighted by Gasteiger charge is 2.13. The standard InChI is InChI=1S/C24H28N4O4S/c1-33(31,32)26-20-9-10-22-21(17-20)23(29)28(24(30)25-22)14-6-5-13-27-15-11-19(12-16-27)18-7-3-2-4-8-18/h2-4,7-11,17,26H,5-6,12-16H2,1H3,(H,25,30). The molecule has 0 radical (unpaired) electrons. The van der Waals surface area contributed by atoms with E-state index in [2.05, 4.69) is 44.9 Å². The fourth-order valence-electron chi connectivity index (χ4n) is 4.17. The van der Waals surface area contributed by atoms with Crippen LogP contribution < -0.4 is 16.0 Å². The Morgan fingerprint density at radius 1 is 1.03 bits per heavy atom. The summed E-state index contributed by atoms with van der Waals surface area (Å²) in [6.45, 7) is 3.11. The molecule has 9 heteroatoms. The van der Waals surface area contributed by atoms with Crippen molar-refractivity contribution < 1.29 is 8.42 Å². The lowest BCUT2D eigenvalue weighted by molar-refractivity contribution is 0.292. The summed E-state index contributed by atoms with van der Waals surface area (Å²) in [7, 11) is -3.46. The predicted molar refractivity (Wildman–Crippen MR) is 132 cm³/mol. The molecule has 0 atom stereocenters. The van der Waals surface area contributed by atoms with Gasteiger partial charge in [-0.15, -0.1) is 0 Å². The van der Waals surface area contributed by atoms with Gasteiger partial charge in [0.25, 0.3) is 5.56 Å². The first-order valence-electron chi connectivity index (χ1n) is 11.0. The largest absolute Gasteiger partial charge is 0.328 e. The summed E-state index contributed by atoms with van der Waals surface area (Å²) in [6, 6.07) is 14.9. The second-order valence-corrected chi connectivity index (χ2v) is 10.1. The molecule has 2 heterocycles. The number of sulfonamides is 1. The van der Waals surface area contributed by atoms with E-state index in [1.807, 2.05) is 6.07 Å². The second-order valence-electron chi connectivity index (χ2n) is 8.37. The van der Waals surface area contributed by atoms with Crippen LogP contribution in [0.25, 0.3) is 16.5 Å². The minimum Gasteiger partial charge on any atom is -0.307 e. The van der Waals surface area contributed by atoms with Gasteiger partial charge in [0.2, 0.25) is 10.0 Å². The minimum absolute atomic E-state index is 0.276. The third kappa shape index (κ3) is 5.80. The maximum absolute atomic E-state index is 12.9. The van der Waals surface area contributed by atoms with Crippen molar-refractivity contribution in [3.63, 3.8) is 0 Å². The van der Waals surface area contributed by atoms with Crippen LogP contribution in [0.1, 0.15) is 24.8 Å². The van der Waals surface area contributed by atoms with E-state index in [-0.39, 0.29) is 11.1 Å². The van der Waals surface area contributed by atoms with Crippen LogP contribution in [0, 0.1) is 0 Å². The van der Waals surface area contributed by atoms with Crippen molar-refractivity contribution >= 4 is 32.2 Å². The Morgan fingerprint density at radius 2 is 1.79 bits per heavy atom. The first-order valence-corrected chi connectivity index (χ1v) is 12.9. The van der Waals surface area contributed by atoms with E-state index in [1.165, 1.54) is 33.9 Å². The third-order valence-corrected chi connectivity index (χ3v) is 6.44. The Morgan fingerprint density at radius 3 is 2.48 bits per heavy atom. The van der Waals surface area contributed by atoms with Gasteiger partial charge in [-0.3, -0.25) is 19.0 Å². The van der Waals surface area contributed by atoms with Gasteiger partial charge in [-0.1, -0.05) is 36.4 Å². The van der Waals surface area contributed by atoms with Crippen LogP contribution in [0.4, 0.5) is 5.69 Å². The van der Waals surface area contributed by atoms with E-state index in [0.29, 0.717) is 18.5 Å². The first-order chi connectivity index (χ1) is 15.8. The van der Waals surface area contributed by atoms with E-state index < -0.39 is 21.3 Å². The molecule has 2 N–H and O–H groups in total. The average Bonchev–Trinajstić information content (AvgIpc) is 2.79. The summed E-state index contributed by atoms with van der Waals surface area (Å²) < 4.78 is 26.5. The molecule has 1 aliphatic rings. The highest BCUT2D eigenvalue weighted by atomic mass is 32.2. The Hall–Kier alpha value is -3.17. The molecule has 0 bridgehead atoms. The van der Waals surface area contributed by atoms with E-state index in [0.717, 1.165) is 38.7 Å². The number of benzene rings is 2. The number of nitrogens with zero attached hydrogens (tertiary/aromatic N) is 2. The van der Waals surface area contributed by atoms with Crippen LogP contribution in [0.15, 0.2) is 64.2 Å². The summed E-state index contributed by atoms with van der Waals surface area (Å²) in [5.41, 5.74) is 2.46. The molecule has 0 aliphatic carbocycles. The van der Waals surface area contributed by atoms with Crippen LogP contribution in [-0.2, 0) is 16.6 Å². The van der Waals surface area contributed by atoms with Gasteiger partial charge in [-0.2, -0.15) is 0 Å². The van der Waals surface area contributed by atoms with Crippen molar-refractivity contribution in [1.29, 1.82) is 0 Å². The van der Waals surface area contributed by atoms with Gasteiger partial charge >= 0.3 is 5.69 Å². The summed E-state index contributed by atoms with van der Waals surface area (Å²) in [5.74, 6) is 0. The van der Waals surface area contributed by atoms with Crippen molar-refractivity contribution in [2.45, 2.75) is 25.8 Å². The SMILES string of the molecule is CS(=O)(=O)Nc1ccc2[nH]c(=O)n(CCCCN3CC=C(c4ccccc4)CC3)c(=O)c2c1. The zero-order chi connectivity index (χ0) is 23.4. The number of aromatic nitrogens is 2. The number of nitrogens with one attached hydrogen (secondary N) is 2. The van der Waals surface area contributed by atoms with Crippen molar-refractivity contribution in [2.24, 2.45) is 0 Å². The average molecular weight is 469 g/mol. The van der Waals surface area contributed by atoms with Crippen molar-refractivity contribution in [2.75, 3.05) is 30.6 Å². The molecule has 0 spiro atoms. The van der Waals surface area contributed by atoms with Crippen molar-refractivity contribution in [1.82, 2.24) is 14.5 Å². The molecule has 3 aromatic rings.